The van der Waals surface area contributed by atoms with Crippen LogP contribution in [-0.2, 0) is 0 Å². The molecular formula is C12H11BBrNO. The van der Waals surface area contributed by atoms with Crippen molar-refractivity contribution in [3.05, 3.63) is 44.2 Å². The number of fused-ring (bicyclic) bond motifs is 5. The Kier molecular flexibility index (Phi) is 2.28. The summed E-state index contributed by atoms with van der Waals surface area (Å²) < 4.78 is 1.23. The summed E-state index contributed by atoms with van der Waals surface area (Å²) in [4.78, 5) is 10.8. The van der Waals surface area contributed by atoms with Crippen LogP contribution in [0.5, 0.6) is 0 Å². The van der Waals surface area contributed by atoms with E-state index in [1.165, 1.54) is 27.5 Å². The molecule has 0 amide bonds. The fourth-order valence-electron chi connectivity index (χ4n) is 3.32. The number of hydrogen-bond donors (Lipinski definition) is 0. The average molecular weight is 276 g/mol. The van der Waals surface area contributed by atoms with Gasteiger partial charge in [-0.15, -0.1) is 4.91 Å². The first-order valence-corrected chi connectivity index (χ1v) is 6.35. The normalized spacial score (nSPS) is 29.1. The van der Waals surface area contributed by atoms with Gasteiger partial charge in [0, 0.05) is 11.8 Å². The van der Waals surface area contributed by atoms with Crippen molar-refractivity contribution in [1.82, 2.24) is 0 Å². The molecule has 0 N–H and O–H groups in total. The molecule has 0 heterocycles. The lowest BCUT2D eigenvalue weighted by Gasteiger charge is -2.14. The molecule has 80 valence electrons. The van der Waals surface area contributed by atoms with Gasteiger partial charge in [-0.1, -0.05) is 33.6 Å². The highest BCUT2D eigenvalue weighted by Gasteiger charge is 2.43. The number of hydrogen-bond acceptors (Lipinski definition) is 2. The summed E-state index contributed by atoms with van der Waals surface area (Å²) >= 11 is 3.60. The summed E-state index contributed by atoms with van der Waals surface area (Å²) in [6, 6.07) is 5.91. The van der Waals surface area contributed by atoms with Crippen molar-refractivity contribution in [1.29, 1.82) is 0 Å². The molecule has 2 nitrogen and oxygen atoms in total. The standard InChI is InChI=1S/C12H11BBrNO/c13-12(14)11-7-4-5-8(11)10-6(7)2-1-3-9(10)15-16/h1-3,7-8H,4-5,13H2/b12-11-. The van der Waals surface area contributed by atoms with Crippen molar-refractivity contribution in [2.45, 2.75) is 24.7 Å². The van der Waals surface area contributed by atoms with Crippen molar-refractivity contribution in [3.63, 3.8) is 0 Å². The highest BCUT2D eigenvalue weighted by molar-refractivity contribution is 9.12. The molecule has 0 saturated heterocycles. The smallest absolute Gasteiger partial charge is 0.145 e. The number of nitroso groups, excluding NO2 is 1. The van der Waals surface area contributed by atoms with Crippen LogP contribution in [-0.4, -0.2) is 7.85 Å². The van der Waals surface area contributed by atoms with Crippen LogP contribution >= 0.6 is 15.9 Å². The van der Waals surface area contributed by atoms with E-state index in [4.69, 9.17) is 0 Å². The molecule has 0 radical (unpaired) electrons. The zero-order valence-electron chi connectivity index (χ0n) is 9.03. The van der Waals surface area contributed by atoms with Crippen molar-refractivity contribution in [3.8, 4) is 0 Å². The molecular weight excluding hydrogens is 265 g/mol. The van der Waals surface area contributed by atoms with Gasteiger partial charge in [-0.25, -0.2) is 0 Å². The minimum atomic E-state index is 0.424. The van der Waals surface area contributed by atoms with Crippen LogP contribution < -0.4 is 0 Å². The van der Waals surface area contributed by atoms with E-state index in [2.05, 4.69) is 35.0 Å². The molecule has 1 aromatic carbocycles. The summed E-state index contributed by atoms with van der Waals surface area (Å²) in [5.74, 6) is 0.939. The van der Waals surface area contributed by atoms with Crippen LogP contribution in [0.2, 0.25) is 0 Å². The van der Waals surface area contributed by atoms with E-state index in [9.17, 15) is 4.91 Å². The molecule has 0 aromatic heterocycles. The second kappa shape index (κ2) is 3.55. The molecule has 2 atom stereocenters. The van der Waals surface area contributed by atoms with E-state index < -0.39 is 0 Å². The van der Waals surface area contributed by atoms with E-state index in [0.29, 0.717) is 17.5 Å². The van der Waals surface area contributed by atoms with Crippen LogP contribution in [0.15, 0.2) is 33.3 Å². The maximum atomic E-state index is 10.8. The Labute approximate surface area is 104 Å². The molecule has 2 aliphatic rings. The number of nitrogens with zero attached hydrogens (tertiary/aromatic N) is 1. The van der Waals surface area contributed by atoms with Gasteiger partial charge in [-0.2, -0.15) is 0 Å². The highest BCUT2D eigenvalue weighted by atomic mass is 79.9. The van der Waals surface area contributed by atoms with Crippen LogP contribution in [0.25, 0.3) is 0 Å². The van der Waals surface area contributed by atoms with E-state index >= 15 is 0 Å². The van der Waals surface area contributed by atoms with Crippen molar-refractivity contribution < 1.29 is 0 Å². The van der Waals surface area contributed by atoms with Gasteiger partial charge < -0.3 is 0 Å². The molecule has 2 aliphatic carbocycles. The lowest BCUT2D eigenvalue weighted by molar-refractivity contribution is 0.718. The third-order valence-corrected chi connectivity index (χ3v) is 4.29. The minimum Gasteiger partial charge on any atom is -0.145 e. The minimum absolute atomic E-state index is 0.424. The molecule has 16 heavy (non-hydrogen) atoms. The van der Waals surface area contributed by atoms with Gasteiger partial charge in [0.15, 0.2) is 0 Å². The molecule has 2 bridgehead atoms. The molecule has 1 aromatic rings. The predicted molar refractivity (Wildman–Crippen MR) is 71.1 cm³/mol. The Balaban J connectivity index is 2.26. The maximum absolute atomic E-state index is 10.8. The SMILES string of the molecule is B/C(Br)=C1\C2CCC1c1c(N=O)cccc12. The van der Waals surface area contributed by atoms with Crippen LogP contribution in [0.3, 0.4) is 0 Å². The second-order valence-corrected chi connectivity index (χ2v) is 5.73. The average Bonchev–Trinajstić information content (AvgIpc) is 2.84. The van der Waals surface area contributed by atoms with Crippen LogP contribution in [0.4, 0.5) is 5.69 Å². The lowest BCUT2D eigenvalue weighted by Crippen LogP contribution is -1.97. The topological polar surface area (TPSA) is 29.4 Å². The Morgan fingerprint density at radius 2 is 2.12 bits per heavy atom. The summed E-state index contributed by atoms with van der Waals surface area (Å²) in [6.07, 6.45) is 2.36. The Bertz CT molecular complexity index is 508. The first-order valence-electron chi connectivity index (χ1n) is 5.56. The summed E-state index contributed by atoms with van der Waals surface area (Å²) in [5, 5.41) is 3.17. The Morgan fingerprint density at radius 1 is 1.38 bits per heavy atom. The van der Waals surface area contributed by atoms with Crippen molar-refractivity contribution in [2.75, 3.05) is 0 Å². The number of halogens is 1. The number of benzene rings is 1. The third kappa shape index (κ3) is 1.19. The molecule has 1 fully saturated rings. The van der Waals surface area contributed by atoms with E-state index in [1.807, 2.05) is 12.1 Å². The van der Waals surface area contributed by atoms with Crippen molar-refractivity contribution in [2.24, 2.45) is 5.18 Å². The number of allylic oxidation sites excluding steroid dienone is 1. The Hall–Kier alpha value is -0.895. The fraction of sp³-hybridized carbons (Fsp3) is 0.333. The fourth-order valence-corrected chi connectivity index (χ4v) is 3.88. The molecule has 0 spiro atoms. The molecule has 0 aliphatic heterocycles. The lowest BCUT2D eigenvalue weighted by atomic mass is 9.91. The maximum Gasteiger partial charge on any atom is 0.148 e. The third-order valence-electron chi connectivity index (χ3n) is 3.83. The molecule has 2 unspecified atom stereocenters. The monoisotopic (exact) mass is 275 g/mol. The van der Waals surface area contributed by atoms with Gasteiger partial charge in [-0.05, 0) is 39.6 Å². The summed E-state index contributed by atoms with van der Waals surface area (Å²) in [5.41, 5.74) is 4.60. The van der Waals surface area contributed by atoms with Crippen molar-refractivity contribution >= 4 is 29.5 Å². The molecule has 4 heteroatoms. The zero-order valence-corrected chi connectivity index (χ0v) is 10.6. The summed E-state index contributed by atoms with van der Waals surface area (Å²) in [6.45, 7) is 0. The van der Waals surface area contributed by atoms with E-state index in [0.717, 1.165) is 6.42 Å². The van der Waals surface area contributed by atoms with Crippen LogP contribution in [0.1, 0.15) is 35.8 Å². The second-order valence-electron chi connectivity index (χ2n) is 4.54. The van der Waals surface area contributed by atoms with Gasteiger partial charge in [-0.3, -0.25) is 0 Å². The van der Waals surface area contributed by atoms with Gasteiger partial charge in [0.1, 0.15) is 13.5 Å². The van der Waals surface area contributed by atoms with Gasteiger partial charge in [0.2, 0.25) is 0 Å². The summed E-state index contributed by atoms with van der Waals surface area (Å²) in [7, 11) is 2.10. The van der Waals surface area contributed by atoms with Gasteiger partial charge >= 0.3 is 0 Å². The highest BCUT2D eigenvalue weighted by Crippen LogP contribution is 2.60. The van der Waals surface area contributed by atoms with Gasteiger partial charge in [0.25, 0.3) is 0 Å². The molecule has 1 saturated carbocycles. The number of rotatable bonds is 1. The van der Waals surface area contributed by atoms with E-state index in [-0.39, 0.29) is 0 Å². The van der Waals surface area contributed by atoms with Gasteiger partial charge in [0.05, 0.1) is 0 Å². The zero-order chi connectivity index (χ0) is 11.3. The van der Waals surface area contributed by atoms with E-state index in [1.54, 1.807) is 0 Å². The Morgan fingerprint density at radius 3 is 2.81 bits per heavy atom. The molecule has 3 rings (SSSR count). The first-order chi connectivity index (χ1) is 7.74. The predicted octanol–water partition coefficient (Wildman–Crippen LogP) is 3.30. The first kappa shape index (κ1) is 10.3. The quantitative estimate of drug-likeness (QED) is 0.571. The largest absolute Gasteiger partial charge is 0.148 e. The van der Waals surface area contributed by atoms with Crippen LogP contribution in [0, 0.1) is 4.91 Å².